The van der Waals surface area contributed by atoms with E-state index in [9.17, 15) is 4.79 Å². The van der Waals surface area contributed by atoms with Gasteiger partial charge in [-0.3, -0.25) is 0 Å². The summed E-state index contributed by atoms with van der Waals surface area (Å²) in [5.74, 6) is -0.945. The molecule has 5 heteroatoms. The number of aromatic carboxylic acids is 1. The van der Waals surface area contributed by atoms with Gasteiger partial charge in [-0.2, -0.15) is 4.37 Å². The average molecular weight is 244 g/mol. The zero-order chi connectivity index (χ0) is 11.8. The van der Waals surface area contributed by atoms with Gasteiger partial charge in [0.1, 0.15) is 0 Å². The van der Waals surface area contributed by atoms with Gasteiger partial charge in [0.2, 0.25) is 0 Å². The van der Waals surface area contributed by atoms with Crippen LogP contribution in [0.5, 0.6) is 0 Å². The molecule has 0 unspecified atom stereocenters. The van der Waals surface area contributed by atoms with E-state index in [-0.39, 0.29) is 5.56 Å². The van der Waals surface area contributed by atoms with Gasteiger partial charge in [0.15, 0.2) is 0 Å². The molecule has 0 radical (unpaired) electrons. The molecule has 0 saturated carbocycles. The Hall–Kier alpha value is -2.14. The number of nitrogens with one attached hydrogen (secondary N) is 1. The van der Waals surface area contributed by atoms with E-state index < -0.39 is 5.97 Å². The summed E-state index contributed by atoms with van der Waals surface area (Å²) in [6, 6.07) is 7.79. The summed E-state index contributed by atoms with van der Waals surface area (Å²) in [6.07, 6.45) is 3.22. The fraction of sp³-hybridized carbons (Fsp3) is 0. The molecule has 2 heterocycles. The second kappa shape index (κ2) is 3.71. The highest BCUT2D eigenvalue weighted by Crippen LogP contribution is 2.33. The molecule has 0 aliphatic carbocycles. The zero-order valence-corrected chi connectivity index (χ0v) is 9.49. The van der Waals surface area contributed by atoms with Crippen LogP contribution in [-0.2, 0) is 0 Å². The monoisotopic (exact) mass is 244 g/mol. The van der Waals surface area contributed by atoms with Crippen LogP contribution in [0.1, 0.15) is 10.4 Å². The number of carbonyl (C=O) groups is 1. The number of benzene rings is 1. The van der Waals surface area contributed by atoms with E-state index in [1.807, 2.05) is 30.5 Å². The summed E-state index contributed by atoms with van der Waals surface area (Å²) in [4.78, 5) is 14.9. The number of hydrogen-bond donors (Lipinski definition) is 2. The molecule has 2 aromatic heterocycles. The van der Waals surface area contributed by atoms with Crippen LogP contribution in [0.4, 0.5) is 0 Å². The molecular formula is C12H8N2O2S. The summed E-state index contributed by atoms with van der Waals surface area (Å²) in [6.45, 7) is 0. The number of rotatable bonds is 2. The lowest BCUT2D eigenvalue weighted by atomic mass is 10.1. The first-order valence-corrected chi connectivity index (χ1v) is 5.79. The second-order valence-electron chi connectivity index (χ2n) is 3.62. The first-order chi connectivity index (χ1) is 8.27. The van der Waals surface area contributed by atoms with Crippen molar-refractivity contribution in [2.45, 2.75) is 0 Å². The van der Waals surface area contributed by atoms with E-state index in [1.165, 1.54) is 17.7 Å². The SMILES string of the molecule is O=C(O)c1cnsc1-c1c[nH]c2ccccc12. The highest BCUT2D eigenvalue weighted by atomic mass is 32.1. The lowest BCUT2D eigenvalue weighted by Crippen LogP contribution is -1.95. The molecule has 3 rings (SSSR count). The number of carboxylic acid groups (broad SMARTS) is 1. The molecule has 2 N–H and O–H groups in total. The number of H-pyrrole nitrogens is 1. The van der Waals surface area contributed by atoms with Gasteiger partial charge < -0.3 is 10.1 Å². The Morgan fingerprint density at radius 2 is 2.18 bits per heavy atom. The van der Waals surface area contributed by atoms with Gasteiger partial charge in [0.25, 0.3) is 0 Å². The molecule has 0 spiro atoms. The molecule has 0 saturated heterocycles. The van der Waals surface area contributed by atoms with Crippen molar-refractivity contribution in [1.82, 2.24) is 9.36 Å². The molecule has 0 aliphatic rings. The smallest absolute Gasteiger partial charge is 0.338 e. The van der Waals surface area contributed by atoms with Crippen molar-refractivity contribution < 1.29 is 9.90 Å². The molecule has 4 nitrogen and oxygen atoms in total. The average Bonchev–Trinajstić information content (AvgIpc) is 2.94. The minimum absolute atomic E-state index is 0.250. The molecule has 0 atom stereocenters. The summed E-state index contributed by atoms with van der Waals surface area (Å²) in [5, 5.41) is 10.1. The molecule has 0 aliphatic heterocycles. The van der Waals surface area contributed by atoms with E-state index in [0.717, 1.165) is 16.5 Å². The van der Waals surface area contributed by atoms with Gasteiger partial charge in [-0.25, -0.2) is 4.79 Å². The Kier molecular flexibility index (Phi) is 2.19. The van der Waals surface area contributed by atoms with Crippen LogP contribution in [0.2, 0.25) is 0 Å². The number of aromatic nitrogens is 2. The van der Waals surface area contributed by atoms with Crippen LogP contribution in [0, 0.1) is 0 Å². The van der Waals surface area contributed by atoms with Gasteiger partial charge in [-0.05, 0) is 17.6 Å². The van der Waals surface area contributed by atoms with Crippen molar-refractivity contribution in [2.75, 3.05) is 0 Å². The van der Waals surface area contributed by atoms with Crippen LogP contribution in [0.15, 0.2) is 36.7 Å². The van der Waals surface area contributed by atoms with Crippen molar-refractivity contribution in [3.8, 4) is 10.4 Å². The van der Waals surface area contributed by atoms with Crippen LogP contribution >= 0.6 is 11.5 Å². The number of nitrogens with zero attached hydrogens (tertiary/aromatic N) is 1. The molecule has 0 bridgehead atoms. The van der Waals surface area contributed by atoms with Gasteiger partial charge >= 0.3 is 5.97 Å². The van der Waals surface area contributed by atoms with Crippen molar-refractivity contribution in [3.63, 3.8) is 0 Å². The van der Waals surface area contributed by atoms with E-state index in [4.69, 9.17) is 5.11 Å². The number of carboxylic acids is 1. The van der Waals surface area contributed by atoms with Gasteiger partial charge in [0, 0.05) is 22.7 Å². The number of hydrogen-bond acceptors (Lipinski definition) is 3. The Bertz CT molecular complexity index is 699. The minimum Gasteiger partial charge on any atom is -0.478 e. The third-order valence-electron chi connectivity index (χ3n) is 2.63. The second-order valence-corrected chi connectivity index (χ2v) is 4.42. The molecule has 0 amide bonds. The predicted octanol–water partition coefficient (Wildman–Crippen LogP) is 2.99. The van der Waals surface area contributed by atoms with Crippen LogP contribution < -0.4 is 0 Å². The fourth-order valence-electron chi connectivity index (χ4n) is 1.85. The largest absolute Gasteiger partial charge is 0.478 e. The van der Waals surface area contributed by atoms with Crippen molar-refractivity contribution in [2.24, 2.45) is 0 Å². The van der Waals surface area contributed by atoms with Crippen molar-refractivity contribution in [1.29, 1.82) is 0 Å². The Morgan fingerprint density at radius 1 is 1.35 bits per heavy atom. The quantitative estimate of drug-likeness (QED) is 0.728. The van der Waals surface area contributed by atoms with E-state index >= 15 is 0 Å². The normalized spacial score (nSPS) is 10.8. The first-order valence-electron chi connectivity index (χ1n) is 5.02. The highest BCUT2D eigenvalue weighted by Gasteiger charge is 2.17. The fourth-order valence-corrected chi connectivity index (χ4v) is 2.61. The zero-order valence-electron chi connectivity index (χ0n) is 8.68. The van der Waals surface area contributed by atoms with E-state index in [0.29, 0.717) is 4.88 Å². The molecular weight excluding hydrogens is 236 g/mol. The third-order valence-corrected chi connectivity index (χ3v) is 3.47. The first kappa shape index (κ1) is 10.0. The predicted molar refractivity (Wildman–Crippen MR) is 66.4 cm³/mol. The minimum atomic E-state index is -0.945. The van der Waals surface area contributed by atoms with Crippen LogP contribution in [0.25, 0.3) is 21.3 Å². The number of aromatic amines is 1. The maximum Gasteiger partial charge on any atom is 0.338 e. The van der Waals surface area contributed by atoms with Crippen molar-refractivity contribution in [3.05, 3.63) is 42.2 Å². The standard InChI is InChI=1S/C12H8N2O2S/c15-12(16)9-6-14-17-11(9)8-5-13-10-4-2-1-3-7(8)10/h1-6,13H,(H,15,16). The number of para-hydroxylation sites is 1. The van der Waals surface area contributed by atoms with Gasteiger partial charge in [-0.15, -0.1) is 0 Å². The van der Waals surface area contributed by atoms with Crippen LogP contribution in [0.3, 0.4) is 0 Å². The van der Waals surface area contributed by atoms with E-state index in [1.54, 1.807) is 0 Å². The Morgan fingerprint density at radius 3 is 3.00 bits per heavy atom. The summed E-state index contributed by atoms with van der Waals surface area (Å²) < 4.78 is 3.95. The maximum atomic E-state index is 11.1. The third kappa shape index (κ3) is 1.52. The molecule has 0 fully saturated rings. The van der Waals surface area contributed by atoms with Gasteiger partial charge in [-0.1, -0.05) is 18.2 Å². The summed E-state index contributed by atoms with van der Waals surface area (Å²) in [5.41, 5.74) is 2.13. The van der Waals surface area contributed by atoms with Crippen molar-refractivity contribution >= 4 is 28.4 Å². The molecule has 17 heavy (non-hydrogen) atoms. The lowest BCUT2D eigenvalue weighted by Gasteiger charge is -1.96. The Labute approximate surface area is 101 Å². The highest BCUT2D eigenvalue weighted by molar-refractivity contribution is 7.10. The van der Waals surface area contributed by atoms with E-state index in [2.05, 4.69) is 9.36 Å². The molecule has 1 aromatic carbocycles. The van der Waals surface area contributed by atoms with Crippen LogP contribution in [-0.4, -0.2) is 20.4 Å². The number of fused-ring (bicyclic) bond motifs is 1. The lowest BCUT2D eigenvalue weighted by molar-refractivity contribution is 0.0698. The summed E-state index contributed by atoms with van der Waals surface area (Å²) >= 11 is 1.20. The molecule has 3 aromatic rings. The molecule has 84 valence electrons. The topological polar surface area (TPSA) is 66.0 Å². The summed E-state index contributed by atoms with van der Waals surface area (Å²) in [7, 11) is 0. The Balaban J connectivity index is 2.28. The van der Waals surface area contributed by atoms with Gasteiger partial charge in [0.05, 0.1) is 16.6 Å². The maximum absolute atomic E-state index is 11.1.